The smallest absolute Gasteiger partial charge is 0.349 e. The van der Waals surface area contributed by atoms with Gasteiger partial charge in [0.25, 0.3) is 0 Å². The summed E-state index contributed by atoms with van der Waals surface area (Å²) in [5.41, 5.74) is 2.80. The van der Waals surface area contributed by atoms with Crippen LogP contribution in [0.25, 0.3) is 23.0 Å². The van der Waals surface area contributed by atoms with E-state index in [4.69, 9.17) is 9.47 Å². The first kappa shape index (κ1) is 19.6. The number of carbonyl (C=O) groups is 1. The summed E-state index contributed by atoms with van der Waals surface area (Å²) < 4.78 is 11.9. The fourth-order valence-corrected chi connectivity index (χ4v) is 2.68. The second-order valence-electron chi connectivity index (χ2n) is 6.00. The van der Waals surface area contributed by atoms with Crippen LogP contribution in [0.3, 0.4) is 0 Å². The molecule has 1 aromatic heterocycles. The molecule has 3 rings (SSSR count). The second kappa shape index (κ2) is 9.20. The topological polar surface area (TPSA) is 77.1 Å². The number of hydrogen-bond donors (Lipinski definition) is 0. The molecule has 2 aromatic carbocycles. The van der Waals surface area contributed by atoms with E-state index in [0.717, 1.165) is 17.0 Å². The first-order valence-electron chi connectivity index (χ1n) is 8.85. The summed E-state index contributed by atoms with van der Waals surface area (Å²) in [6, 6.07) is 18.9. The Morgan fingerprint density at radius 2 is 1.93 bits per heavy atom. The molecule has 0 unspecified atom stereocenters. The quantitative estimate of drug-likeness (QED) is 0.264. The predicted molar refractivity (Wildman–Crippen MR) is 110 cm³/mol. The minimum absolute atomic E-state index is 0.0342. The number of esters is 1. The van der Waals surface area contributed by atoms with Crippen LogP contribution >= 0.6 is 0 Å². The van der Waals surface area contributed by atoms with Crippen LogP contribution in [-0.4, -0.2) is 29.5 Å². The average molecular weight is 385 g/mol. The Kier molecular flexibility index (Phi) is 6.23. The van der Waals surface area contributed by atoms with Gasteiger partial charge in [-0.2, -0.15) is 10.4 Å². The molecule has 6 nitrogen and oxygen atoms in total. The number of rotatable bonds is 7. The average Bonchev–Trinajstić information content (AvgIpc) is 3.20. The van der Waals surface area contributed by atoms with Crippen LogP contribution < -0.4 is 4.74 Å². The largest absolute Gasteiger partial charge is 0.497 e. The molecule has 0 radical (unpaired) electrons. The number of hydrogen-bond acceptors (Lipinski definition) is 5. The van der Waals surface area contributed by atoms with Gasteiger partial charge < -0.3 is 9.47 Å². The summed E-state index contributed by atoms with van der Waals surface area (Å²) in [5, 5.41) is 14.1. The van der Waals surface area contributed by atoms with Gasteiger partial charge in [-0.25, -0.2) is 9.48 Å². The van der Waals surface area contributed by atoms with Crippen molar-refractivity contribution in [3.8, 4) is 28.8 Å². The highest BCUT2D eigenvalue weighted by Gasteiger charge is 2.16. The normalized spacial score (nSPS) is 10.8. The van der Waals surface area contributed by atoms with Gasteiger partial charge in [-0.05, 0) is 42.5 Å². The summed E-state index contributed by atoms with van der Waals surface area (Å²) >= 11 is 0. The van der Waals surface area contributed by atoms with E-state index in [1.54, 1.807) is 18.0 Å². The van der Waals surface area contributed by atoms with Crippen molar-refractivity contribution in [2.45, 2.75) is 0 Å². The molecule has 0 N–H and O–H groups in total. The molecule has 0 saturated heterocycles. The van der Waals surface area contributed by atoms with E-state index in [0.29, 0.717) is 11.3 Å². The van der Waals surface area contributed by atoms with E-state index in [1.165, 1.54) is 12.2 Å². The van der Waals surface area contributed by atoms with Crippen molar-refractivity contribution < 1.29 is 14.3 Å². The third kappa shape index (κ3) is 4.60. The summed E-state index contributed by atoms with van der Waals surface area (Å²) in [4.78, 5) is 12.1. The van der Waals surface area contributed by atoms with Gasteiger partial charge in [0.15, 0.2) is 0 Å². The van der Waals surface area contributed by atoms with Gasteiger partial charge in [0, 0.05) is 17.3 Å². The highest BCUT2D eigenvalue weighted by atomic mass is 16.5. The van der Waals surface area contributed by atoms with Gasteiger partial charge in [-0.3, -0.25) is 0 Å². The fraction of sp³-hybridized carbons (Fsp3) is 0.0870. The molecule has 0 bridgehead atoms. The molecule has 1 heterocycles. The van der Waals surface area contributed by atoms with Crippen molar-refractivity contribution in [2.75, 3.05) is 13.7 Å². The highest BCUT2D eigenvalue weighted by molar-refractivity contribution is 5.98. The summed E-state index contributed by atoms with van der Waals surface area (Å²) in [6.07, 6.45) is 4.70. The number of ether oxygens (including phenoxy) is 2. The Labute approximate surface area is 168 Å². The molecule has 0 aliphatic heterocycles. The zero-order valence-corrected chi connectivity index (χ0v) is 15.9. The van der Waals surface area contributed by atoms with Crippen LogP contribution in [0.2, 0.25) is 0 Å². The lowest BCUT2D eigenvalue weighted by atomic mass is 10.1. The Bertz CT molecular complexity index is 1070. The van der Waals surface area contributed by atoms with Crippen molar-refractivity contribution in [2.24, 2.45) is 0 Å². The van der Waals surface area contributed by atoms with Crippen molar-refractivity contribution >= 4 is 12.0 Å². The van der Waals surface area contributed by atoms with E-state index in [2.05, 4.69) is 11.7 Å². The first-order valence-corrected chi connectivity index (χ1v) is 8.85. The maximum Gasteiger partial charge on any atom is 0.349 e. The lowest BCUT2D eigenvalue weighted by Gasteiger charge is -2.03. The molecule has 3 aromatic rings. The summed E-state index contributed by atoms with van der Waals surface area (Å²) in [7, 11) is 1.60. The molecule has 0 aliphatic carbocycles. The Balaban J connectivity index is 2.09. The van der Waals surface area contributed by atoms with Crippen LogP contribution in [0.5, 0.6) is 5.75 Å². The number of aromatic nitrogens is 2. The molecular formula is C23H19N3O3. The number of para-hydroxylation sites is 1. The Morgan fingerprint density at radius 1 is 1.21 bits per heavy atom. The van der Waals surface area contributed by atoms with Gasteiger partial charge in [0.2, 0.25) is 0 Å². The highest BCUT2D eigenvalue weighted by Crippen LogP contribution is 2.27. The van der Waals surface area contributed by atoms with Crippen molar-refractivity contribution in [1.82, 2.24) is 9.78 Å². The molecule has 0 spiro atoms. The third-order valence-corrected chi connectivity index (χ3v) is 4.10. The third-order valence-electron chi connectivity index (χ3n) is 4.10. The van der Waals surface area contributed by atoms with Crippen molar-refractivity contribution in [1.29, 1.82) is 5.26 Å². The molecular weight excluding hydrogens is 366 g/mol. The van der Waals surface area contributed by atoms with E-state index in [-0.39, 0.29) is 12.2 Å². The molecule has 6 heteroatoms. The number of carbonyl (C=O) groups excluding carboxylic acids is 1. The van der Waals surface area contributed by atoms with Gasteiger partial charge in [-0.1, -0.05) is 30.9 Å². The summed E-state index contributed by atoms with van der Waals surface area (Å²) in [6.45, 7) is 3.54. The zero-order chi connectivity index (χ0) is 20.6. The lowest BCUT2D eigenvalue weighted by molar-refractivity contribution is -0.137. The van der Waals surface area contributed by atoms with Crippen LogP contribution in [0, 0.1) is 11.3 Å². The Morgan fingerprint density at radius 3 is 2.55 bits per heavy atom. The predicted octanol–water partition coefficient (Wildman–Crippen LogP) is 4.18. The van der Waals surface area contributed by atoms with Gasteiger partial charge >= 0.3 is 5.97 Å². The number of nitrogens with zero attached hydrogens (tertiary/aromatic N) is 3. The molecule has 0 fully saturated rings. The standard InChI is InChI=1S/C23H19N3O3/c1-3-13-29-23(27)18(15-24)14-19-16-26(20-7-5-4-6-8-20)25-22(19)17-9-11-21(28-2)12-10-17/h3-12,14,16H,1,13H2,2H3/b18-14+. The number of benzene rings is 2. The van der Waals surface area contributed by atoms with Gasteiger partial charge in [0.05, 0.1) is 18.5 Å². The SMILES string of the molecule is C=CCOC(=O)/C(C#N)=C/c1cn(-c2ccccc2)nc1-c1ccc(OC)cc1. The first-order chi connectivity index (χ1) is 14.2. The van der Waals surface area contributed by atoms with Crippen LogP contribution in [0.15, 0.2) is 79.0 Å². The second-order valence-corrected chi connectivity index (χ2v) is 6.00. The molecule has 144 valence electrons. The molecule has 0 aliphatic rings. The van der Waals surface area contributed by atoms with Gasteiger partial charge in [-0.15, -0.1) is 0 Å². The molecule has 0 saturated carbocycles. The van der Waals surface area contributed by atoms with Gasteiger partial charge in [0.1, 0.15) is 24.0 Å². The van der Waals surface area contributed by atoms with E-state index < -0.39 is 5.97 Å². The molecule has 0 atom stereocenters. The van der Waals surface area contributed by atoms with Crippen molar-refractivity contribution in [3.05, 3.63) is 84.6 Å². The zero-order valence-electron chi connectivity index (χ0n) is 15.9. The van der Waals surface area contributed by atoms with E-state index in [1.807, 2.05) is 60.7 Å². The van der Waals surface area contributed by atoms with Crippen LogP contribution in [0.1, 0.15) is 5.56 Å². The monoisotopic (exact) mass is 385 g/mol. The minimum Gasteiger partial charge on any atom is -0.497 e. The summed E-state index contributed by atoms with van der Waals surface area (Å²) in [5.74, 6) is 0.0135. The number of nitriles is 1. The van der Waals surface area contributed by atoms with Crippen LogP contribution in [-0.2, 0) is 9.53 Å². The van der Waals surface area contributed by atoms with E-state index in [9.17, 15) is 10.1 Å². The number of methoxy groups -OCH3 is 1. The molecule has 29 heavy (non-hydrogen) atoms. The van der Waals surface area contributed by atoms with Crippen LogP contribution in [0.4, 0.5) is 0 Å². The fourth-order valence-electron chi connectivity index (χ4n) is 2.68. The molecule has 0 amide bonds. The lowest BCUT2D eigenvalue weighted by Crippen LogP contribution is -2.06. The Hall–Kier alpha value is -4.11. The minimum atomic E-state index is -0.708. The maximum absolute atomic E-state index is 12.1. The van der Waals surface area contributed by atoms with E-state index >= 15 is 0 Å². The van der Waals surface area contributed by atoms with Crippen molar-refractivity contribution in [3.63, 3.8) is 0 Å². The maximum atomic E-state index is 12.1.